The number of hydrogen-bond donors (Lipinski definition) is 1. The molecule has 92 valence electrons. The molecule has 17 heavy (non-hydrogen) atoms. The Morgan fingerprint density at radius 2 is 2.29 bits per heavy atom. The monoisotopic (exact) mass is 234 g/mol. The highest BCUT2D eigenvalue weighted by Gasteiger charge is 2.01. The molecule has 0 amide bonds. The van der Waals surface area contributed by atoms with Crippen molar-refractivity contribution in [3.05, 3.63) is 17.8 Å². The van der Waals surface area contributed by atoms with Crippen molar-refractivity contribution in [1.29, 1.82) is 5.26 Å². The first kappa shape index (κ1) is 13.4. The summed E-state index contributed by atoms with van der Waals surface area (Å²) in [6.45, 7) is 5.59. The summed E-state index contributed by atoms with van der Waals surface area (Å²) in [5, 5.41) is 19.6. The maximum absolute atomic E-state index is 8.84. The van der Waals surface area contributed by atoms with Crippen molar-refractivity contribution < 1.29 is 4.74 Å². The van der Waals surface area contributed by atoms with Gasteiger partial charge in [-0.1, -0.05) is 0 Å². The lowest BCUT2D eigenvalue weighted by molar-refractivity contribution is 0.0765. The number of aromatic nitrogens is 2. The largest absolute Gasteiger partial charge is 0.379 e. The fraction of sp³-hybridized carbons (Fsp3) is 0.583. The van der Waals surface area contributed by atoms with Gasteiger partial charge in [-0.25, -0.2) is 0 Å². The van der Waals surface area contributed by atoms with Gasteiger partial charge in [0.05, 0.1) is 17.9 Å². The minimum Gasteiger partial charge on any atom is -0.379 e. The van der Waals surface area contributed by atoms with Crippen LogP contribution in [0.15, 0.2) is 12.3 Å². The van der Waals surface area contributed by atoms with Gasteiger partial charge in [0, 0.05) is 13.2 Å². The lowest BCUT2D eigenvalue weighted by atomic mass is 10.3. The van der Waals surface area contributed by atoms with Gasteiger partial charge < -0.3 is 10.1 Å². The van der Waals surface area contributed by atoms with Gasteiger partial charge in [0.1, 0.15) is 6.07 Å². The molecule has 0 saturated heterocycles. The van der Waals surface area contributed by atoms with Gasteiger partial charge in [-0.05, 0) is 32.8 Å². The van der Waals surface area contributed by atoms with Crippen LogP contribution in [0.5, 0.6) is 0 Å². The molecule has 5 nitrogen and oxygen atoms in total. The summed E-state index contributed by atoms with van der Waals surface area (Å²) in [7, 11) is 0. The number of nitrogens with one attached hydrogen (secondary N) is 1. The van der Waals surface area contributed by atoms with Gasteiger partial charge in [-0.15, -0.1) is 5.10 Å². The van der Waals surface area contributed by atoms with E-state index < -0.39 is 0 Å². The zero-order valence-corrected chi connectivity index (χ0v) is 10.3. The van der Waals surface area contributed by atoms with Crippen LogP contribution in [-0.2, 0) is 4.74 Å². The van der Waals surface area contributed by atoms with Crippen LogP contribution in [0.2, 0.25) is 0 Å². The molecular formula is C12H18N4O. The summed E-state index contributed by atoms with van der Waals surface area (Å²) in [6.07, 6.45) is 3.77. The predicted octanol–water partition coefficient (Wildman–Crippen LogP) is 1.97. The van der Waals surface area contributed by atoms with Gasteiger partial charge >= 0.3 is 0 Å². The van der Waals surface area contributed by atoms with Crippen molar-refractivity contribution in [2.45, 2.75) is 32.8 Å². The lowest BCUT2D eigenvalue weighted by Crippen LogP contribution is -2.08. The average Bonchev–Trinajstić information content (AvgIpc) is 2.33. The van der Waals surface area contributed by atoms with Crippen LogP contribution in [0.1, 0.15) is 32.3 Å². The number of nitrogens with zero attached hydrogens (tertiary/aromatic N) is 3. The maximum Gasteiger partial charge on any atom is 0.166 e. The Labute approximate surface area is 102 Å². The molecule has 0 saturated carbocycles. The molecule has 0 aliphatic heterocycles. The van der Waals surface area contributed by atoms with E-state index >= 15 is 0 Å². The van der Waals surface area contributed by atoms with Crippen LogP contribution in [-0.4, -0.2) is 29.5 Å². The quantitative estimate of drug-likeness (QED) is 0.730. The molecule has 0 unspecified atom stereocenters. The molecule has 0 aliphatic rings. The number of rotatable bonds is 7. The van der Waals surface area contributed by atoms with Crippen molar-refractivity contribution in [1.82, 2.24) is 10.2 Å². The molecule has 0 aromatic carbocycles. The smallest absolute Gasteiger partial charge is 0.166 e. The third-order valence-electron chi connectivity index (χ3n) is 2.16. The molecule has 0 fully saturated rings. The maximum atomic E-state index is 8.84. The molecule has 0 atom stereocenters. The highest BCUT2D eigenvalue weighted by Crippen LogP contribution is 2.08. The van der Waals surface area contributed by atoms with Crippen LogP contribution in [0, 0.1) is 11.3 Å². The molecule has 1 aromatic rings. The molecule has 0 spiro atoms. The van der Waals surface area contributed by atoms with E-state index in [2.05, 4.69) is 21.6 Å². The van der Waals surface area contributed by atoms with E-state index in [0.29, 0.717) is 11.4 Å². The summed E-state index contributed by atoms with van der Waals surface area (Å²) in [5.41, 5.74) is 0.526. The van der Waals surface area contributed by atoms with Crippen LogP contribution in [0.3, 0.4) is 0 Å². The number of unbranched alkanes of at least 4 members (excludes halogenated alkanes) is 1. The van der Waals surface area contributed by atoms with Gasteiger partial charge in [0.15, 0.2) is 5.82 Å². The Morgan fingerprint density at radius 1 is 1.47 bits per heavy atom. The molecule has 0 bridgehead atoms. The van der Waals surface area contributed by atoms with E-state index in [-0.39, 0.29) is 6.10 Å². The summed E-state index contributed by atoms with van der Waals surface area (Å²) < 4.78 is 5.43. The van der Waals surface area contributed by atoms with E-state index in [1.54, 1.807) is 6.07 Å². The van der Waals surface area contributed by atoms with Gasteiger partial charge in [-0.2, -0.15) is 10.4 Å². The Morgan fingerprint density at radius 3 is 3.00 bits per heavy atom. The van der Waals surface area contributed by atoms with Gasteiger partial charge in [0.25, 0.3) is 0 Å². The second-order valence-corrected chi connectivity index (χ2v) is 3.96. The van der Waals surface area contributed by atoms with Crippen LogP contribution < -0.4 is 5.32 Å². The van der Waals surface area contributed by atoms with E-state index in [4.69, 9.17) is 10.00 Å². The zero-order valence-electron chi connectivity index (χ0n) is 10.3. The van der Waals surface area contributed by atoms with Crippen LogP contribution in [0.4, 0.5) is 5.82 Å². The summed E-state index contributed by atoms with van der Waals surface area (Å²) >= 11 is 0. The lowest BCUT2D eigenvalue weighted by Gasteiger charge is -2.08. The Bertz CT molecular complexity index is 373. The molecule has 1 heterocycles. The minimum atomic E-state index is 0.285. The molecular weight excluding hydrogens is 216 g/mol. The first-order valence-electron chi connectivity index (χ1n) is 5.81. The van der Waals surface area contributed by atoms with Crippen molar-refractivity contribution in [2.75, 3.05) is 18.5 Å². The summed E-state index contributed by atoms with van der Waals surface area (Å²) in [4.78, 5) is 0. The molecule has 0 aliphatic carbocycles. The van der Waals surface area contributed by atoms with E-state index in [1.165, 1.54) is 6.20 Å². The third-order valence-corrected chi connectivity index (χ3v) is 2.16. The Hall–Kier alpha value is -1.67. The molecule has 1 aromatic heterocycles. The van der Waals surface area contributed by atoms with Crippen molar-refractivity contribution in [3.63, 3.8) is 0 Å². The second kappa shape index (κ2) is 7.58. The summed E-state index contributed by atoms with van der Waals surface area (Å²) in [5.74, 6) is 0.555. The van der Waals surface area contributed by atoms with Crippen molar-refractivity contribution in [2.24, 2.45) is 0 Å². The fourth-order valence-corrected chi connectivity index (χ4v) is 1.31. The zero-order chi connectivity index (χ0) is 12.5. The highest BCUT2D eigenvalue weighted by molar-refractivity contribution is 5.49. The first-order valence-corrected chi connectivity index (χ1v) is 5.81. The SMILES string of the molecule is CC(C)OCCCCNc1nnccc1C#N. The van der Waals surface area contributed by atoms with Gasteiger partial charge in [-0.3, -0.25) is 0 Å². The van der Waals surface area contributed by atoms with E-state index in [9.17, 15) is 0 Å². The molecule has 0 radical (unpaired) electrons. The highest BCUT2D eigenvalue weighted by atomic mass is 16.5. The normalized spacial score (nSPS) is 10.2. The number of anilines is 1. The Balaban J connectivity index is 2.20. The van der Waals surface area contributed by atoms with Crippen LogP contribution in [0.25, 0.3) is 0 Å². The van der Waals surface area contributed by atoms with Crippen LogP contribution >= 0.6 is 0 Å². The summed E-state index contributed by atoms with van der Waals surface area (Å²) in [6, 6.07) is 3.72. The number of ether oxygens (including phenoxy) is 1. The molecule has 5 heteroatoms. The predicted molar refractivity (Wildman–Crippen MR) is 65.6 cm³/mol. The Kier molecular flexibility index (Phi) is 5.97. The molecule has 1 N–H and O–H groups in total. The van der Waals surface area contributed by atoms with Crippen molar-refractivity contribution in [3.8, 4) is 6.07 Å². The minimum absolute atomic E-state index is 0.285. The first-order chi connectivity index (χ1) is 8.24. The number of hydrogen-bond acceptors (Lipinski definition) is 5. The van der Waals surface area contributed by atoms with Gasteiger partial charge in [0.2, 0.25) is 0 Å². The van der Waals surface area contributed by atoms with E-state index in [1.807, 2.05) is 13.8 Å². The number of nitriles is 1. The molecule has 1 rings (SSSR count). The fourth-order valence-electron chi connectivity index (χ4n) is 1.31. The standard InChI is InChI=1S/C12H18N4O/c1-10(2)17-8-4-3-6-14-12-11(9-13)5-7-15-16-12/h5,7,10H,3-4,6,8H2,1-2H3,(H,14,16). The van der Waals surface area contributed by atoms with E-state index in [0.717, 1.165) is 26.0 Å². The van der Waals surface area contributed by atoms with Crippen molar-refractivity contribution >= 4 is 5.82 Å². The third kappa shape index (κ3) is 5.27. The second-order valence-electron chi connectivity index (χ2n) is 3.96. The topological polar surface area (TPSA) is 70.8 Å². The average molecular weight is 234 g/mol.